The zero-order valence-corrected chi connectivity index (χ0v) is 28.7. The third kappa shape index (κ3) is 12.5. The van der Waals surface area contributed by atoms with Crippen LogP contribution in [0.3, 0.4) is 0 Å². The molecule has 1 aliphatic heterocycles. The number of hydrogen-bond acceptors (Lipinski definition) is 10. The minimum Gasteiger partial charge on any atom is -0.489 e. The summed E-state index contributed by atoms with van der Waals surface area (Å²) >= 11 is 0. The number of carboxylic acid groups (broad SMARTS) is 1. The summed E-state index contributed by atoms with van der Waals surface area (Å²) in [6.45, 7) is 8.92. The van der Waals surface area contributed by atoms with Gasteiger partial charge in [-0.25, -0.2) is 4.79 Å². The van der Waals surface area contributed by atoms with Crippen LogP contribution in [0, 0.1) is 5.92 Å². The molecule has 0 unspecified atom stereocenters. The van der Waals surface area contributed by atoms with E-state index in [4.69, 9.17) is 15.2 Å². The van der Waals surface area contributed by atoms with Crippen molar-refractivity contribution in [1.82, 2.24) is 16.0 Å². The lowest BCUT2D eigenvalue weighted by molar-refractivity contribution is -0.216. The smallest absolute Gasteiger partial charge is 0.326 e. The van der Waals surface area contributed by atoms with Gasteiger partial charge in [-0.15, -0.1) is 0 Å². The number of aliphatic carboxylic acids is 1. The molecule has 0 radical (unpaired) electrons. The van der Waals surface area contributed by atoms with Gasteiger partial charge in [0.25, 0.3) is 0 Å². The lowest BCUT2D eigenvalue weighted by Crippen LogP contribution is -2.56. The van der Waals surface area contributed by atoms with E-state index in [1.54, 1.807) is 55.5 Å². The highest BCUT2D eigenvalue weighted by Gasteiger charge is 2.41. The standard InChI is InChI=1S/C36H50N4O10/c1-20(2)14-28(36(47)48)40-35(46)27(17-23-8-6-5-7-9-23)39-30(41)18-38-34(45)26(37)16-24-10-12-25(13-11-24)49-19-21(3)15-29-32(43)33(44)31(42)22(4)50-29/h5-13,20,22,26-29,31-33,42-44H,3,14-19,37H2,1-2,4H3,(H,38,45)(H,39,41)(H,40,46)(H,47,48)/t22-,26-,27-,28-,29-,31+,32+,33+/m0/s1. The van der Waals surface area contributed by atoms with Crippen molar-refractivity contribution in [3.05, 3.63) is 77.9 Å². The first-order chi connectivity index (χ1) is 23.6. The van der Waals surface area contributed by atoms with Gasteiger partial charge in [-0.3, -0.25) is 14.4 Å². The Kier molecular flexibility index (Phi) is 15.4. The molecule has 3 amide bonds. The molecule has 0 spiro atoms. The highest BCUT2D eigenvalue weighted by atomic mass is 16.5. The number of aliphatic hydroxyl groups excluding tert-OH is 3. The fourth-order valence-corrected chi connectivity index (χ4v) is 5.47. The molecule has 1 fully saturated rings. The maximum Gasteiger partial charge on any atom is 0.326 e. The number of aliphatic hydroxyl groups is 3. The lowest BCUT2D eigenvalue weighted by atomic mass is 9.92. The molecule has 2 aromatic carbocycles. The van der Waals surface area contributed by atoms with Crippen molar-refractivity contribution < 1.29 is 49.1 Å². The number of rotatable bonds is 18. The van der Waals surface area contributed by atoms with Crippen molar-refractivity contribution in [2.24, 2.45) is 11.7 Å². The number of ether oxygens (including phenoxy) is 2. The van der Waals surface area contributed by atoms with Crippen LogP contribution < -0.4 is 26.4 Å². The van der Waals surface area contributed by atoms with Crippen LogP contribution in [0.15, 0.2) is 66.7 Å². The Morgan fingerprint density at radius 2 is 1.52 bits per heavy atom. The summed E-state index contributed by atoms with van der Waals surface area (Å²) in [5.41, 5.74) is 8.20. The van der Waals surface area contributed by atoms with E-state index < -0.39 is 78.9 Å². The molecule has 1 heterocycles. The van der Waals surface area contributed by atoms with Crippen molar-refractivity contribution >= 4 is 23.7 Å². The lowest BCUT2D eigenvalue weighted by Gasteiger charge is -2.39. The Balaban J connectivity index is 1.47. The summed E-state index contributed by atoms with van der Waals surface area (Å²) < 4.78 is 11.4. The molecule has 8 atom stereocenters. The van der Waals surface area contributed by atoms with E-state index in [0.717, 1.165) is 11.1 Å². The molecule has 274 valence electrons. The van der Waals surface area contributed by atoms with Crippen LogP contribution in [0.4, 0.5) is 0 Å². The fraction of sp³-hybridized carbons (Fsp3) is 0.500. The first-order valence-corrected chi connectivity index (χ1v) is 16.6. The van der Waals surface area contributed by atoms with E-state index in [1.165, 1.54) is 0 Å². The Morgan fingerprint density at radius 1 is 0.880 bits per heavy atom. The van der Waals surface area contributed by atoms with E-state index in [-0.39, 0.29) is 38.2 Å². The molecule has 0 aliphatic carbocycles. The van der Waals surface area contributed by atoms with E-state index >= 15 is 0 Å². The average molecular weight is 699 g/mol. The van der Waals surface area contributed by atoms with Gasteiger partial charge in [-0.2, -0.15) is 0 Å². The first-order valence-electron chi connectivity index (χ1n) is 16.6. The minimum atomic E-state index is -1.32. The maximum absolute atomic E-state index is 13.1. The van der Waals surface area contributed by atoms with Crippen LogP contribution in [-0.2, 0) is 36.8 Å². The summed E-state index contributed by atoms with van der Waals surface area (Å²) in [4.78, 5) is 50.4. The molecule has 14 heteroatoms. The van der Waals surface area contributed by atoms with Crippen molar-refractivity contribution in [1.29, 1.82) is 0 Å². The number of carboxylic acids is 1. The van der Waals surface area contributed by atoms with Crippen LogP contribution in [0.5, 0.6) is 5.75 Å². The molecule has 3 rings (SSSR count). The molecule has 0 bridgehead atoms. The van der Waals surface area contributed by atoms with Gasteiger partial charge in [0.05, 0.1) is 24.8 Å². The highest BCUT2D eigenvalue weighted by Crippen LogP contribution is 2.25. The summed E-state index contributed by atoms with van der Waals surface area (Å²) in [7, 11) is 0. The van der Waals surface area contributed by atoms with Gasteiger partial charge in [-0.1, -0.05) is 62.9 Å². The normalized spacial score (nSPS) is 22.1. The monoisotopic (exact) mass is 698 g/mol. The summed E-state index contributed by atoms with van der Waals surface area (Å²) in [6, 6.07) is 12.6. The largest absolute Gasteiger partial charge is 0.489 e. The van der Waals surface area contributed by atoms with Gasteiger partial charge in [0, 0.05) is 12.8 Å². The Bertz CT molecular complexity index is 1440. The zero-order chi connectivity index (χ0) is 37.0. The summed E-state index contributed by atoms with van der Waals surface area (Å²) in [5, 5.41) is 47.3. The predicted molar refractivity (Wildman–Crippen MR) is 184 cm³/mol. The topological polar surface area (TPSA) is 230 Å². The molecule has 2 aromatic rings. The number of nitrogens with one attached hydrogen (secondary N) is 3. The number of amides is 3. The number of carbonyl (C=O) groups is 4. The van der Waals surface area contributed by atoms with Crippen molar-refractivity contribution in [3.63, 3.8) is 0 Å². The van der Waals surface area contributed by atoms with E-state index in [0.29, 0.717) is 11.3 Å². The predicted octanol–water partition coefficient (Wildman–Crippen LogP) is 0.211. The molecular formula is C36H50N4O10. The Morgan fingerprint density at radius 3 is 2.14 bits per heavy atom. The van der Waals surface area contributed by atoms with Gasteiger partial charge in [-0.05, 0) is 54.5 Å². The number of nitrogens with two attached hydrogens (primary N) is 1. The number of hydrogen-bond donors (Lipinski definition) is 8. The minimum absolute atomic E-state index is 0.0113. The van der Waals surface area contributed by atoms with Crippen LogP contribution >= 0.6 is 0 Å². The Labute approximate surface area is 292 Å². The van der Waals surface area contributed by atoms with Gasteiger partial charge >= 0.3 is 5.97 Å². The van der Waals surface area contributed by atoms with Gasteiger partial charge < -0.3 is 51.6 Å². The van der Waals surface area contributed by atoms with Crippen molar-refractivity contribution in [2.75, 3.05) is 13.2 Å². The molecule has 0 aromatic heterocycles. The highest BCUT2D eigenvalue weighted by molar-refractivity contribution is 5.92. The van der Waals surface area contributed by atoms with Gasteiger partial charge in [0.1, 0.15) is 42.8 Å². The number of benzene rings is 2. The van der Waals surface area contributed by atoms with E-state index in [2.05, 4.69) is 22.5 Å². The van der Waals surface area contributed by atoms with Crippen LogP contribution in [0.25, 0.3) is 0 Å². The maximum atomic E-state index is 13.1. The number of carbonyl (C=O) groups excluding carboxylic acids is 3. The molecule has 1 saturated heterocycles. The van der Waals surface area contributed by atoms with E-state index in [9.17, 15) is 39.6 Å². The van der Waals surface area contributed by atoms with Crippen LogP contribution in [0.1, 0.15) is 44.7 Å². The van der Waals surface area contributed by atoms with Crippen molar-refractivity contribution in [2.45, 2.75) is 95.1 Å². The summed E-state index contributed by atoms with van der Waals surface area (Å²) in [5.74, 6) is -2.52. The molecular weight excluding hydrogens is 648 g/mol. The fourth-order valence-electron chi connectivity index (χ4n) is 5.47. The van der Waals surface area contributed by atoms with E-state index in [1.807, 2.05) is 19.9 Å². The zero-order valence-electron chi connectivity index (χ0n) is 28.7. The second-order valence-corrected chi connectivity index (χ2v) is 13.1. The van der Waals surface area contributed by atoms with Crippen LogP contribution in [0.2, 0.25) is 0 Å². The molecule has 14 nitrogen and oxygen atoms in total. The summed E-state index contributed by atoms with van der Waals surface area (Å²) in [6.07, 6.45) is -4.42. The molecule has 1 aliphatic rings. The third-order valence-corrected chi connectivity index (χ3v) is 8.28. The first kappa shape index (κ1) is 40.1. The SMILES string of the molecule is C=C(COc1ccc(C[C@H](N)C(=O)NCC(=O)N[C@@H](Cc2ccccc2)C(=O)N[C@@H](CC(C)C)C(=O)O)cc1)C[C@@H]1O[C@@H](C)[C@@H](O)[C@@H](O)[C@@H]1O. The Hall–Kier alpha value is -4.34. The second-order valence-electron chi connectivity index (χ2n) is 13.1. The third-order valence-electron chi connectivity index (χ3n) is 8.28. The van der Waals surface area contributed by atoms with Gasteiger partial charge in [0.15, 0.2) is 0 Å². The second kappa shape index (κ2) is 19.2. The van der Waals surface area contributed by atoms with Crippen molar-refractivity contribution in [3.8, 4) is 5.75 Å². The van der Waals surface area contributed by atoms with Crippen LogP contribution in [-0.4, -0.2) is 106 Å². The average Bonchev–Trinajstić information content (AvgIpc) is 3.07. The molecule has 9 N–H and O–H groups in total. The quantitative estimate of drug-likeness (QED) is 0.0982. The molecule has 0 saturated carbocycles. The molecule has 50 heavy (non-hydrogen) atoms. The van der Waals surface area contributed by atoms with Gasteiger partial charge in [0.2, 0.25) is 17.7 Å².